The van der Waals surface area contributed by atoms with Crippen LogP contribution in [0, 0.1) is 0 Å². The van der Waals surface area contributed by atoms with Crippen LogP contribution in [0.2, 0.25) is 0 Å². The van der Waals surface area contributed by atoms with Gasteiger partial charge in [-0.2, -0.15) is 23.1 Å². The highest BCUT2D eigenvalue weighted by Crippen LogP contribution is 2.21. The Morgan fingerprint density at radius 1 is 1.43 bits per heavy atom. The van der Waals surface area contributed by atoms with Crippen molar-refractivity contribution in [2.45, 2.75) is 12.1 Å². The topological polar surface area (TPSA) is 101 Å². The second-order valence-corrected chi connectivity index (χ2v) is 3.86. The molecule has 0 spiro atoms. The first-order chi connectivity index (χ1) is 6.33. The van der Waals surface area contributed by atoms with Gasteiger partial charge in [0.15, 0.2) is 5.82 Å². The van der Waals surface area contributed by atoms with Gasteiger partial charge in [0.05, 0.1) is 6.54 Å². The molecule has 2 N–H and O–H groups in total. The molecule has 0 unspecified atom stereocenters. The summed E-state index contributed by atoms with van der Waals surface area (Å²) < 4.78 is 57.4. The molecule has 0 saturated heterocycles. The van der Waals surface area contributed by atoms with E-state index in [1.807, 2.05) is 5.21 Å². The molecule has 80 valence electrons. The fraction of sp³-hybridized carbons (Fsp3) is 0.667. The average Bonchev–Trinajstić information content (AvgIpc) is 2.50. The molecule has 0 aliphatic carbocycles. The molecule has 0 bridgehead atoms. The zero-order valence-corrected chi connectivity index (χ0v) is 7.22. The van der Waals surface area contributed by atoms with E-state index >= 15 is 0 Å². The number of halogens is 3. The summed E-state index contributed by atoms with van der Waals surface area (Å²) in [6.45, 7) is -0.668. The minimum atomic E-state index is -5.35. The largest absolute Gasteiger partial charge is 0.511 e. The number of alkyl halides is 3. The summed E-state index contributed by atoms with van der Waals surface area (Å²) >= 11 is 0. The lowest BCUT2D eigenvalue weighted by Gasteiger charge is -2.06. The van der Waals surface area contributed by atoms with Crippen molar-refractivity contribution in [2.24, 2.45) is 0 Å². The van der Waals surface area contributed by atoms with E-state index in [2.05, 4.69) is 15.4 Å². The molecule has 0 saturated carbocycles. The third kappa shape index (κ3) is 2.38. The molecule has 1 rings (SSSR count). The molecule has 0 fully saturated rings. The van der Waals surface area contributed by atoms with Gasteiger partial charge in [0.2, 0.25) is 0 Å². The molecule has 14 heavy (non-hydrogen) atoms. The van der Waals surface area contributed by atoms with Crippen molar-refractivity contribution < 1.29 is 21.6 Å². The smallest absolute Gasteiger partial charge is 0.203 e. The van der Waals surface area contributed by atoms with E-state index in [4.69, 9.17) is 0 Å². The molecule has 0 aliphatic rings. The van der Waals surface area contributed by atoms with E-state index in [0.717, 1.165) is 0 Å². The van der Waals surface area contributed by atoms with Crippen molar-refractivity contribution in [2.75, 3.05) is 0 Å². The van der Waals surface area contributed by atoms with Gasteiger partial charge in [-0.3, -0.25) is 0 Å². The predicted molar refractivity (Wildman–Crippen MR) is 36.0 cm³/mol. The van der Waals surface area contributed by atoms with Crippen LogP contribution in [0.25, 0.3) is 0 Å². The Labute approximate surface area is 75.7 Å². The van der Waals surface area contributed by atoms with Crippen LogP contribution in [0.3, 0.4) is 0 Å². The molecule has 1 aromatic rings. The van der Waals surface area contributed by atoms with Gasteiger partial charge in [0, 0.05) is 0 Å². The Morgan fingerprint density at radius 3 is 2.50 bits per heavy atom. The van der Waals surface area contributed by atoms with Crippen molar-refractivity contribution >= 4 is 10.0 Å². The number of tetrazole rings is 1. The quantitative estimate of drug-likeness (QED) is 0.704. The van der Waals surface area contributed by atoms with Gasteiger partial charge < -0.3 is 0 Å². The van der Waals surface area contributed by atoms with Crippen molar-refractivity contribution in [3.63, 3.8) is 0 Å². The van der Waals surface area contributed by atoms with Gasteiger partial charge in [-0.1, -0.05) is 5.21 Å². The Morgan fingerprint density at radius 2 is 2.07 bits per heavy atom. The Balaban J connectivity index is 2.63. The Bertz CT molecular complexity index is 383. The third-order valence-corrected chi connectivity index (χ3v) is 2.25. The zero-order valence-electron chi connectivity index (χ0n) is 6.41. The maximum atomic E-state index is 11.7. The second-order valence-electron chi connectivity index (χ2n) is 2.10. The van der Waals surface area contributed by atoms with E-state index in [1.165, 1.54) is 4.72 Å². The third-order valence-electron chi connectivity index (χ3n) is 1.11. The monoisotopic (exact) mass is 231 g/mol. The molecule has 0 radical (unpaired) electrons. The van der Waals surface area contributed by atoms with Gasteiger partial charge in [-0.05, 0) is 0 Å². The molecule has 0 aromatic carbocycles. The lowest BCUT2D eigenvalue weighted by Crippen LogP contribution is -2.36. The highest BCUT2D eigenvalue weighted by atomic mass is 32.2. The average molecular weight is 231 g/mol. The van der Waals surface area contributed by atoms with Gasteiger partial charge in [0.1, 0.15) is 0 Å². The summed E-state index contributed by atoms with van der Waals surface area (Å²) in [4.78, 5) is 0. The van der Waals surface area contributed by atoms with Crippen LogP contribution < -0.4 is 4.72 Å². The molecule has 1 aromatic heterocycles. The van der Waals surface area contributed by atoms with E-state index in [-0.39, 0.29) is 5.82 Å². The van der Waals surface area contributed by atoms with Crippen LogP contribution in [0.15, 0.2) is 0 Å². The van der Waals surface area contributed by atoms with E-state index in [1.54, 1.807) is 0 Å². The number of rotatable bonds is 3. The number of aromatic amines is 1. The molecule has 0 aliphatic heterocycles. The number of nitrogens with one attached hydrogen (secondary N) is 2. The fourth-order valence-electron chi connectivity index (χ4n) is 0.499. The van der Waals surface area contributed by atoms with Crippen LogP contribution in [0.1, 0.15) is 5.82 Å². The van der Waals surface area contributed by atoms with Crippen LogP contribution in [0.4, 0.5) is 13.2 Å². The summed E-state index contributed by atoms with van der Waals surface area (Å²) in [5.41, 5.74) is -5.34. The van der Waals surface area contributed by atoms with Gasteiger partial charge in [-0.25, -0.2) is 8.42 Å². The molecule has 0 amide bonds. The summed E-state index contributed by atoms with van der Waals surface area (Å²) in [5.74, 6) is -0.183. The van der Waals surface area contributed by atoms with Crippen molar-refractivity contribution in [1.29, 1.82) is 0 Å². The molecule has 0 atom stereocenters. The molecular formula is C3H4F3N5O2S. The second kappa shape index (κ2) is 3.49. The van der Waals surface area contributed by atoms with Gasteiger partial charge in [0.25, 0.3) is 0 Å². The van der Waals surface area contributed by atoms with Crippen LogP contribution in [0.5, 0.6) is 0 Å². The van der Waals surface area contributed by atoms with Crippen LogP contribution in [-0.4, -0.2) is 34.6 Å². The number of nitrogens with zero attached hydrogens (tertiary/aromatic N) is 3. The normalized spacial score (nSPS) is 13.1. The maximum absolute atomic E-state index is 11.7. The number of aromatic nitrogens is 4. The van der Waals surface area contributed by atoms with Gasteiger partial charge in [-0.15, -0.1) is 10.2 Å². The first kappa shape index (κ1) is 10.8. The molecular weight excluding hydrogens is 227 g/mol. The lowest BCUT2D eigenvalue weighted by molar-refractivity contribution is -0.0448. The number of hydrogen-bond acceptors (Lipinski definition) is 5. The SMILES string of the molecule is O=S(=O)(NCc1nn[nH]n1)C(F)(F)F. The van der Waals surface area contributed by atoms with Crippen LogP contribution in [-0.2, 0) is 16.6 Å². The minimum Gasteiger partial charge on any atom is -0.203 e. The number of H-pyrrole nitrogens is 1. The van der Waals surface area contributed by atoms with Crippen molar-refractivity contribution in [3.8, 4) is 0 Å². The molecule has 1 heterocycles. The van der Waals surface area contributed by atoms with Crippen LogP contribution >= 0.6 is 0 Å². The highest BCUT2D eigenvalue weighted by molar-refractivity contribution is 7.90. The summed E-state index contributed by atoms with van der Waals surface area (Å²) in [5, 5.41) is 11.5. The maximum Gasteiger partial charge on any atom is 0.511 e. The first-order valence-corrected chi connectivity index (χ1v) is 4.59. The van der Waals surface area contributed by atoms with E-state index < -0.39 is 22.1 Å². The number of sulfonamides is 1. The molecule has 7 nitrogen and oxygen atoms in total. The fourth-order valence-corrected chi connectivity index (χ4v) is 0.982. The Hall–Kier alpha value is -1.23. The summed E-state index contributed by atoms with van der Waals surface area (Å²) in [6.07, 6.45) is 0. The Kier molecular flexibility index (Phi) is 2.71. The van der Waals surface area contributed by atoms with E-state index in [0.29, 0.717) is 0 Å². The predicted octanol–water partition coefficient (Wildman–Crippen LogP) is -0.861. The molecule has 11 heteroatoms. The highest BCUT2D eigenvalue weighted by Gasteiger charge is 2.45. The minimum absolute atomic E-state index is 0.183. The van der Waals surface area contributed by atoms with Crippen molar-refractivity contribution in [1.82, 2.24) is 25.3 Å². The van der Waals surface area contributed by atoms with E-state index in [9.17, 15) is 21.6 Å². The zero-order chi connectivity index (χ0) is 10.8. The van der Waals surface area contributed by atoms with Crippen molar-refractivity contribution in [3.05, 3.63) is 5.82 Å². The lowest BCUT2D eigenvalue weighted by atomic mass is 10.7. The van der Waals surface area contributed by atoms with Gasteiger partial charge >= 0.3 is 15.5 Å². The summed E-state index contributed by atoms with van der Waals surface area (Å²) in [7, 11) is -5.35. The standard InChI is InChI=1S/C3H4F3N5O2S/c4-3(5,6)14(12,13)7-1-2-8-10-11-9-2/h7H,1H2,(H,8,9,10,11). The first-order valence-electron chi connectivity index (χ1n) is 3.11. The summed E-state index contributed by atoms with van der Waals surface area (Å²) in [6, 6.07) is 0. The number of hydrogen-bond donors (Lipinski definition) is 2.